The monoisotopic (exact) mass is 293 g/mol. The molecule has 0 radical (unpaired) electrons. The number of nitrogens with zero attached hydrogens (tertiary/aromatic N) is 1. The Morgan fingerprint density at radius 3 is 2.77 bits per heavy atom. The molecule has 2 aromatic carbocycles. The van der Waals surface area contributed by atoms with Crippen molar-refractivity contribution < 1.29 is 4.79 Å². The highest BCUT2D eigenvalue weighted by Crippen LogP contribution is 2.25. The van der Waals surface area contributed by atoms with Gasteiger partial charge in [0, 0.05) is 6.04 Å². The lowest BCUT2D eigenvalue weighted by atomic mass is 9.94. The summed E-state index contributed by atoms with van der Waals surface area (Å²) in [6.45, 7) is 1.95. The van der Waals surface area contributed by atoms with E-state index in [0.29, 0.717) is 12.0 Å². The van der Waals surface area contributed by atoms with Crippen LogP contribution >= 0.6 is 0 Å². The maximum Gasteiger partial charge on any atom is 0.233 e. The molecule has 22 heavy (non-hydrogen) atoms. The molecule has 2 aromatic rings. The standard InChI is InChI=1S/C18H19N3O/c1-13(21-18(22)12-20)9-15-6-2-3-8-17(15)16-7-4-5-14(10-16)11-19/h2-8,10,13H,9,12,20H2,1H3,(H,21,22). The zero-order valence-corrected chi connectivity index (χ0v) is 12.5. The molecule has 0 aliphatic heterocycles. The molecule has 0 saturated carbocycles. The molecule has 3 N–H and O–H groups in total. The summed E-state index contributed by atoms with van der Waals surface area (Å²) in [5.74, 6) is -0.156. The minimum atomic E-state index is -0.156. The van der Waals surface area contributed by atoms with E-state index in [0.717, 1.165) is 16.7 Å². The smallest absolute Gasteiger partial charge is 0.233 e. The maximum atomic E-state index is 11.4. The van der Waals surface area contributed by atoms with E-state index in [2.05, 4.69) is 11.4 Å². The molecule has 112 valence electrons. The van der Waals surface area contributed by atoms with Crippen LogP contribution in [0.15, 0.2) is 48.5 Å². The van der Waals surface area contributed by atoms with Crippen LogP contribution in [0.4, 0.5) is 0 Å². The van der Waals surface area contributed by atoms with Gasteiger partial charge in [-0.25, -0.2) is 0 Å². The van der Waals surface area contributed by atoms with Crippen LogP contribution in [-0.4, -0.2) is 18.5 Å². The van der Waals surface area contributed by atoms with Gasteiger partial charge in [0.2, 0.25) is 5.91 Å². The van der Waals surface area contributed by atoms with E-state index in [-0.39, 0.29) is 18.5 Å². The second-order valence-electron chi connectivity index (χ2n) is 5.23. The maximum absolute atomic E-state index is 11.4. The third kappa shape index (κ3) is 3.94. The van der Waals surface area contributed by atoms with Crippen LogP contribution in [0.2, 0.25) is 0 Å². The first-order valence-electron chi connectivity index (χ1n) is 7.22. The highest BCUT2D eigenvalue weighted by atomic mass is 16.1. The normalized spacial score (nSPS) is 11.5. The molecule has 0 heterocycles. The van der Waals surface area contributed by atoms with Crippen LogP contribution in [-0.2, 0) is 11.2 Å². The van der Waals surface area contributed by atoms with Crippen molar-refractivity contribution in [3.8, 4) is 17.2 Å². The number of amides is 1. The number of hydrogen-bond acceptors (Lipinski definition) is 3. The molecular formula is C18H19N3O. The fraction of sp³-hybridized carbons (Fsp3) is 0.222. The second-order valence-corrected chi connectivity index (χ2v) is 5.23. The van der Waals surface area contributed by atoms with Gasteiger partial charge in [-0.15, -0.1) is 0 Å². The average molecular weight is 293 g/mol. The lowest BCUT2D eigenvalue weighted by molar-refractivity contribution is -0.120. The van der Waals surface area contributed by atoms with Crippen molar-refractivity contribution in [1.82, 2.24) is 5.32 Å². The first-order chi connectivity index (χ1) is 10.6. The summed E-state index contributed by atoms with van der Waals surface area (Å²) >= 11 is 0. The van der Waals surface area contributed by atoms with Gasteiger partial charge in [0.05, 0.1) is 18.2 Å². The summed E-state index contributed by atoms with van der Waals surface area (Å²) in [6.07, 6.45) is 0.707. The molecule has 0 spiro atoms. The Hall–Kier alpha value is -2.64. The highest BCUT2D eigenvalue weighted by molar-refractivity contribution is 5.78. The third-order valence-electron chi connectivity index (χ3n) is 3.44. The van der Waals surface area contributed by atoms with Crippen LogP contribution < -0.4 is 11.1 Å². The molecule has 1 atom stereocenters. The number of benzene rings is 2. The largest absolute Gasteiger partial charge is 0.352 e. The van der Waals surface area contributed by atoms with Gasteiger partial charge in [-0.2, -0.15) is 5.26 Å². The van der Waals surface area contributed by atoms with E-state index in [9.17, 15) is 4.79 Å². The second kappa shape index (κ2) is 7.39. The van der Waals surface area contributed by atoms with E-state index in [4.69, 9.17) is 11.0 Å². The Kier molecular flexibility index (Phi) is 5.29. The van der Waals surface area contributed by atoms with Crippen LogP contribution in [0, 0.1) is 11.3 Å². The lowest BCUT2D eigenvalue weighted by Crippen LogP contribution is -2.38. The van der Waals surface area contributed by atoms with Crippen LogP contribution in [0.1, 0.15) is 18.1 Å². The molecule has 0 saturated heterocycles. The Bertz CT molecular complexity index is 703. The summed E-state index contributed by atoms with van der Waals surface area (Å²) in [6, 6.07) is 17.7. The Labute approximate surface area is 130 Å². The molecule has 1 amide bonds. The van der Waals surface area contributed by atoms with Gasteiger partial charge in [0.25, 0.3) is 0 Å². The molecule has 0 aliphatic rings. The van der Waals surface area contributed by atoms with Crippen molar-refractivity contribution in [2.24, 2.45) is 5.73 Å². The highest BCUT2D eigenvalue weighted by Gasteiger charge is 2.11. The fourth-order valence-electron chi connectivity index (χ4n) is 2.45. The average Bonchev–Trinajstić information content (AvgIpc) is 2.55. The summed E-state index contributed by atoms with van der Waals surface area (Å²) in [4.78, 5) is 11.4. The van der Waals surface area contributed by atoms with E-state index < -0.39 is 0 Å². The number of nitriles is 1. The van der Waals surface area contributed by atoms with Crippen LogP contribution in [0.25, 0.3) is 11.1 Å². The molecule has 0 aromatic heterocycles. The summed E-state index contributed by atoms with van der Waals surface area (Å²) in [5.41, 5.74) is 9.17. The predicted octanol–water partition coefficient (Wildman–Crippen LogP) is 2.23. The first-order valence-corrected chi connectivity index (χ1v) is 7.22. The SMILES string of the molecule is CC(Cc1ccccc1-c1cccc(C#N)c1)NC(=O)CN. The topological polar surface area (TPSA) is 78.9 Å². The minimum Gasteiger partial charge on any atom is -0.352 e. The Morgan fingerprint density at radius 2 is 2.05 bits per heavy atom. The lowest BCUT2D eigenvalue weighted by Gasteiger charge is -2.16. The van der Waals surface area contributed by atoms with Gasteiger partial charge in [0.1, 0.15) is 0 Å². The molecular weight excluding hydrogens is 274 g/mol. The van der Waals surface area contributed by atoms with Gasteiger partial charge in [-0.3, -0.25) is 4.79 Å². The molecule has 4 heteroatoms. The number of nitrogens with two attached hydrogens (primary N) is 1. The summed E-state index contributed by atoms with van der Waals surface area (Å²) in [5, 5.41) is 11.9. The number of carbonyl (C=O) groups is 1. The number of rotatable bonds is 5. The van der Waals surface area contributed by atoms with Crippen molar-refractivity contribution >= 4 is 5.91 Å². The zero-order valence-electron chi connectivity index (χ0n) is 12.5. The van der Waals surface area contributed by atoms with Crippen LogP contribution in [0.5, 0.6) is 0 Å². The van der Waals surface area contributed by atoms with Gasteiger partial charge in [0.15, 0.2) is 0 Å². The van der Waals surface area contributed by atoms with Gasteiger partial charge in [-0.1, -0.05) is 36.4 Å². The van der Waals surface area contributed by atoms with Crippen molar-refractivity contribution in [1.29, 1.82) is 5.26 Å². The molecule has 1 unspecified atom stereocenters. The minimum absolute atomic E-state index is 0.00338. The Morgan fingerprint density at radius 1 is 1.27 bits per heavy atom. The predicted molar refractivity (Wildman–Crippen MR) is 87.0 cm³/mol. The third-order valence-corrected chi connectivity index (χ3v) is 3.44. The van der Waals surface area contributed by atoms with Crippen molar-refractivity contribution in [2.45, 2.75) is 19.4 Å². The number of hydrogen-bond donors (Lipinski definition) is 2. The van der Waals surface area contributed by atoms with Crippen molar-refractivity contribution in [3.05, 3.63) is 59.7 Å². The van der Waals surface area contributed by atoms with E-state index in [1.54, 1.807) is 6.07 Å². The van der Waals surface area contributed by atoms with Gasteiger partial charge in [-0.05, 0) is 42.2 Å². The van der Waals surface area contributed by atoms with Gasteiger partial charge < -0.3 is 11.1 Å². The van der Waals surface area contributed by atoms with Crippen molar-refractivity contribution in [3.63, 3.8) is 0 Å². The fourth-order valence-corrected chi connectivity index (χ4v) is 2.45. The van der Waals surface area contributed by atoms with E-state index in [1.807, 2.05) is 49.4 Å². The number of nitrogens with one attached hydrogen (secondary N) is 1. The van der Waals surface area contributed by atoms with Crippen molar-refractivity contribution in [2.75, 3.05) is 6.54 Å². The quantitative estimate of drug-likeness (QED) is 0.887. The summed E-state index contributed by atoms with van der Waals surface area (Å²) in [7, 11) is 0. The molecule has 0 bridgehead atoms. The molecule has 4 nitrogen and oxygen atoms in total. The molecule has 0 aliphatic carbocycles. The number of carbonyl (C=O) groups excluding carboxylic acids is 1. The first kappa shape index (κ1) is 15.7. The van der Waals surface area contributed by atoms with Crippen LogP contribution in [0.3, 0.4) is 0 Å². The Balaban J connectivity index is 2.27. The zero-order chi connectivity index (χ0) is 15.9. The molecule has 2 rings (SSSR count). The van der Waals surface area contributed by atoms with Gasteiger partial charge >= 0.3 is 0 Å². The van der Waals surface area contributed by atoms with E-state index in [1.165, 1.54) is 0 Å². The summed E-state index contributed by atoms with van der Waals surface area (Å²) < 4.78 is 0. The molecule has 0 fully saturated rings. The van der Waals surface area contributed by atoms with E-state index >= 15 is 0 Å².